The zero-order valence-corrected chi connectivity index (χ0v) is 16.2. The second-order valence-corrected chi connectivity index (χ2v) is 6.93. The molecular formula is C22H24ClN3O. The van der Waals surface area contributed by atoms with Gasteiger partial charge in [-0.15, -0.1) is 0 Å². The Bertz CT molecular complexity index is 890. The third-order valence-electron chi connectivity index (χ3n) is 4.38. The van der Waals surface area contributed by atoms with Gasteiger partial charge in [0.2, 0.25) is 0 Å². The zero-order valence-electron chi connectivity index (χ0n) is 15.5. The smallest absolute Gasteiger partial charge is 0.270 e. The van der Waals surface area contributed by atoms with E-state index in [0.717, 1.165) is 29.8 Å². The fourth-order valence-electron chi connectivity index (χ4n) is 2.94. The van der Waals surface area contributed by atoms with Crippen LogP contribution in [0.1, 0.15) is 43.1 Å². The van der Waals surface area contributed by atoms with E-state index in [1.54, 1.807) is 16.8 Å². The molecule has 0 aliphatic heterocycles. The largest absolute Gasteiger partial charge is 0.351 e. The average Bonchev–Trinajstić information content (AvgIpc) is 3.14. The highest BCUT2D eigenvalue weighted by molar-refractivity contribution is 6.30. The summed E-state index contributed by atoms with van der Waals surface area (Å²) >= 11 is 6.14. The maximum Gasteiger partial charge on any atom is 0.270 e. The Labute approximate surface area is 165 Å². The summed E-state index contributed by atoms with van der Waals surface area (Å²) in [5, 5.41) is 8.29. The fraction of sp³-hybridized carbons (Fsp3) is 0.273. The first kappa shape index (κ1) is 19.2. The molecule has 0 atom stereocenters. The van der Waals surface area contributed by atoms with Gasteiger partial charge in [0.25, 0.3) is 5.91 Å². The Balaban J connectivity index is 1.88. The van der Waals surface area contributed by atoms with E-state index in [1.807, 2.05) is 48.5 Å². The number of hydrogen-bond acceptors (Lipinski definition) is 2. The van der Waals surface area contributed by atoms with Gasteiger partial charge >= 0.3 is 0 Å². The monoisotopic (exact) mass is 381 g/mol. The Morgan fingerprint density at radius 1 is 1.04 bits per heavy atom. The number of rotatable bonds is 8. The summed E-state index contributed by atoms with van der Waals surface area (Å²) in [5.41, 5.74) is 2.99. The quantitative estimate of drug-likeness (QED) is 0.523. The molecule has 0 fully saturated rings. The molecule has 0 saturated heterocycles. The number of unbranched alkanes of at least 4 members (excludes halogenated alkanes) is 3. The molecule has 27 heavy (non-hydrogen) atoms. The number of halogens is 1. The Kier molecular flexibility index (Phi) is 6.66. The van der Waals surface area contributed by atoms with E-state index >= 15 is 0 Å². The van der Waals surface area contributed by atoms with Crippen LogP contribution in [0.5, 0.6) is 0 Å². The summed E-state index contributed by atoms with van der Waals surface area (Å²) in [6.45, 7) is 2.84. The maximum atomic E-state index is 12.8. The van der Waals surface area contributed by atoms with E-state index < -0.39 is 0 Å². The predicted molar refractivity (Wildman–Crippen MR) is 110 cm³/mol. The number of hydrogen-bond donors (Lipinski definition) is 1. The van der Waals surface area contributed by atoms with Gasteiger partial charge in [-0.2, -0.15) is 5.10 Å². The number of carbonyl (C=O) groups is 1. The third kappa shape index (κ3) is 4.98. The van der Waals surface area contributed by atoms with Crippen LogP contribution in [0.15, 0.2) is 60.7 Å². The molecule has 1 amide bonds. The van der Waals surface area contributed by atoms with Gasteiger partial charge < -0.3 is 5.32 Å². The van der Waals surface area contributed by atoms with Crippen LogP contribution >= 0.6 is 11.6 Å². The Morgan fingerprint density at radius 2 is 1.85 bits per heavy atom. The van der Waals surface area contributed by atoms with E-state index in [0.29, 0.717) is 17.3 Å². The van der Waals surface area contributed by atoms with Gasteiger partial charge in [-0.1, -0.05) is 74.2 Å². The van der Waals surface area contributed by atoms with Crippen molar-refractivity contribution in [2.45, 2.75) is 32.6 Å². The summed E-state index contributed by atoms with van der Waals surface area (Å²) in [6, 6.07) is 19.0. The highest BCUT2D eigenvalue weighted by Gasteiger charge is 2.17. The standard InChI is InChI=1S/C22H24ClN3O/c1-2-3-4-8-14-24-22(27)21-16-20(17-10-6-5-7-11-17)25-26(21)19-13-9-12-18(23)15-19/h5-7,9-13,15-16H,2-4,8,14H2,1H3,(H,24,27). The molecule has 1 heterocycles. The van der Waals surface area contributed by atoms with Gasteiger partial charge in [0.1, 0.15) is 5.69 Å². The van der Waals surface area contributed by atoms with E-state index in [9.17, 15) is 4.79 Å². The Morgan fingerprint density at radius 3 is 2.59 bits per heavy atom. The van der Waals surface area contributed by atoms with Crippen molar-refractivity contribution in [1.82, 2.24) is 15.1 Å². The summed E-state index contributed by atoms with van der Waals surface area (Å²) in [7, 11) is 0. The molecule has 3 aromatic rings. The van der Waals surface area contributed by atoms with Crippen molar-refractivity contribution in [2.75, 3.05) is 6.54 Å². The second-order valence-electron chi connectivity index (χ2n) is 6.49. The maximum absolute atomic E-state index is 12.8. The van der Waals surface area contributed by atoms with Crippen LogP contribution in [0, 0.1) is 0 Å². The first-order valence-corrected chi connectivity index (χ1v) is 9.76. The lowest BCUT2D eigenvalue weighted by atomic mass is 10.1. The summed E-state index contributed by atoms with van der Waals surface area (Å²) in [4.78, 5) is 12.8. The highest BCUT2D eigenvalue weighted by atomic mass is 35.5. The van der Waals surface area contributed by atoms with Crippen LogP contribution in [0.3, 0.4) is 0 Å². The molecule has 1 aromatic heterocycles. The van der Waals surface area contributed by atoms with Crippen LogP contribution in [0.4, 0.5) is 0 Å². The molecule has 0 aliphatic rings. The fourth-order valence-corrected chi connectivity index (χ4v) is 3.13. The minimum atomic E-state index is -0.124. The molecule has 0 bridgehead atoms. The van der Waals surface area contributed by atoms with Crippen molar-refractivity contribution >= 4 is 17.5 Å². The van der Waals surface area contributed by atoms with E-state index in [2.05, 4.69) is 17.3 Å². The zero-order chi connectivity index (χ0) is 19.1. The number of carbonyl (C=O) groups excluding carboxylic acids is 1. The molecule has 4 nitrogen and oxygen atoms in total. The van der Waals surface area contributed by atoms with E-state index in [-0.39, 0.29) is 5.91 Å². The molecule has 0 radical (unpaired) electrons. The van der Waals surface area contributed by atoms with Crippen LogP contribution in [-0.2, 0) is 0 Å². The number of benzene rings is 2. The minimum Gasteiger partial charge on any atom is -0.351 e. The molecule has 0 aliphatic carbocycles. The number of nitrogens with one attached hydrogen (secondary N) is 1. The number of nitrogens with zero attached hydrogens (tertiary/aromatic N) is 2. The summed E-state index contributed by atoms with van der Waals surface area (Å²) in [5.74, 6) is -0.124. The molecule has 2 aromatic carbocycles. The topological polar surface area (TPSA) is 46.9 Å². The summed E-state index contributed by atoms with van der Waals surface area (Å²) in [6.07, 6.45) is 4.47. The van der Waals surface area contributed by atoms with Gasteiger partial charge in [-0.3, -0.25) is 4.79 Å². The van der Waals surface area contributed by atoms with Crippen molar-refractivity contribution in [2.24, 2.45) is 0 Å². The lowest BCUT2D eigenvalue weighted by Gasteiger charge is -2.08. The SMILES string of the molecule is CCCCCCNC(=O)c1cc(-c2ccccc2)nn1-c1cccc(Cl)c1. The molecule has 0 saturated carbocycles. The highest BCUT2D eigenvalue weighted by Crippen LogP contribution is 2.23. The van der Waals surface area contributed by atoms with Gasteiger partial charge in [0, 0.05) is 17.1 Å². The van der Waals surface area contributed by atoms with Crippen molar-refractivity contribution < 1.29 is 4.79 Å². The minimum absolute atomic E-state index is 0.124. The third-order valence-corrected chi connectivity index (χ3v) is 4.62. The van der Waals surface area contributed by atoms with Crippen LogP contribution in [0.25, 0.3) is 16.9 Å². The predicted octanol–water partition coefficient (Wildman–Crippen LogP) is 5.50. The van der Waals surface area contributed by atoms with E-state index in [1.165, 1.54) is 12.8 Å². The van der Waals surface area contributed by atoms with Crippen molar-refractivity contribution in [1.29, 1.82) is 0 Å². The van der Waals surface area contributed by atoms with Crippen LogP contribution in [-0.4, -0.2) is 22.2 Å². The average molecular weight is 382 g/mol. The number of aromatic nitrogens is 2. The second kappa shape index (κ2) is 9.38. The van der Waals surface area contributed by atoms with Crippen molar-refractivity contribution in [3.63, 3.8) is 0 Å². The molecule has 1 N–H and O–H groups in total. The lowest BCUT2D eigenvalue weighted by Crippen LogP contribution is -2.26. The molecule has 0 spiro atoms. The molecule has 140 valence electrons. The molecule has 3 rings (SSSR count). The first-order chi connectivity index (χ1) is 13.2. The Hall–Kier alpha value is -2.59. The summed E-state index contributed by atoms with van der Waals surface area (Å²) < 4.78 is 1.66. The van der Waals surface area contributed by atoms with Gasteiger partial charge in [0.05, 0.1) is 11.4 Å². The lowest BCUT2D eigenvalue weighted by molar-refractivity contribution is 0.0945. The van der Waals surface area contributed by atoms with Gasteiger partial charge in [-0.25, -0.2) is 4.68 Å². The van der Waals surface area contributed by atoms with Gasteiger partial charge in [0.15, 0.2) is 0 Å². The molecule has 0 unspecified atom stereocenters. The van der Waals surface area contributed by atoms with Crippen LogP contribution in [0.2, 0.25) is 5.02 Å². The normalized spacial score (nSPS) is 10.7. The van der Waals surface area contributed by atoms with Crippen molar-refractivity contribution in [3.8, 4) is 16.9 Å². The molecular weight excluding hydrogens is 358 g/mol. The van der Waals surface area contributed by atoms with E-state index in [4.69, 9.17) is 11.6 Å². The number of amides is 1. The van der Waals surface area contributed by atoms with Crippen molar-refractivity contribution in [3.05, 3.63) is 71.4 Å². The van der Waals surface area contributed by atoms with Crippen LogP contribution < -0.4 is 5.32 Å². The first-order valence-electron chi connectivity index (χ1n) is 9.38. The molecule has 5 heteroatoms. The van der Waals surface area contributed by atoms with Gasteiger partial charge in [-0.05, 0) is 30.7 Å².